The first-order chi connectivity index (χ1) is 18.1. The van der Waals surface area contributed by atoms with E-state index in [0.29, 0.717) is 42.1 Å². The Labute approximate surface area is 212 Å². The molecule has 0 saturated heterocycles. The van der Waals surface area contributed by atoms with Gasteiger partial charge in [0.1, 0.15) is 5.82 Å². The molecule has 0 radical (unpaired) electrons. The fraction of sp³-hybridized carbons (Fsp3) is 0.231. The van der Waals surface area contributed by atoms with E-state index in [1.807, 2.05) is 49.4 Å². The predicted octanol–water partition coefficient (Wildman–Crippen LogP) is 3.49. The molecule has 0 aliphatic rings. The molecule has 0 amide bonds. The summed E-state index contributed by atoms with van der Waals surface area (Å²) in [6.07, 6.45) is 3.67. The molecule has 3 heterocycles. The summed E-state index contributed by atoms with van der Waals surface area (Å²) in [7, 11) is 1.60. The topological polar surface area (TPSA) is 134 Å². The number of nitrogens with one attached hydrogen (secondary N) is 1. The number of hydrogen-bond donors (Lipinski definition) is 1. The molecule has 3 aromatic heterocycles. The first kappa shape index (κ1) is 23.9. The Morgan fingerprint density at radius 1 is 1.08 bits per heavy atom. The Bertz CT molecular complexity index is 1540. The van der Waals surface area contributed by atoms with E-state index >= 15 is 0 Å². The monoisotopic (exact) mass is 499 g/mol. The first-order valence-electron chi connectivity index (χ1n) is 11.7. The van der Waals surface area contributed by atoms with Crippen molar-refractivity contribution in [3.8, 4) is 28.8 Å². The molecular weight excluding hydrogens is 474 g/mol. The molecule has 37 heavy (non-hydrogen) atoms. The maximum Gasteiger partial charge on any atom is 0.350 e. The van der Waals surface area contributed by atoms with E-state index in [1.54, 1.807) is 32.5 Å². The van der Waals surface area contributed by atoms with Crippen LogP contribution in [0.15, 0.2) is 70.2 Å². The lowest BCUT2D eigenvalue weighted by Crippen LogP contribution is -2.18. The van der Waals surface area contributed by atoms with Crippen LogP contribution in [0.2, 0.25) is 0 Å². The number of methoxy groups -OCH3 is 1. The summed E-state index contributed by atoms with van der Waals surface area (Å²) >= 11 is 0. The SMILES string of the molecule is CCOc1cc(C(Cc2ccc(-c3noc(C)n3)cc2)c2nn(-c3ncccn3)c(=O)[nH]2)ccc1OC. The summed E-state index contributed by atoms with van der Waals surface area (Å²) < 4.78 is 17.5. The molecule has 1 N–H and O–H groups in total. The van der Waals surface area contributed by atoms with Crippen molar-refractivity contribution in [1.29, 1.82) is 0 Å². The van der Waals surface area contributed by atoms with Crippen molar-refractivity contribution in [3.63, 3.8) is 0 Å². The Hall–Kier alpha value is -4.80. The fourth-order valence-electron chi connectivity index (χ4n) is 4.03. The number of nitrogens with zero attached hydrogens (tertiary/aromatic N) is 6. The van der Waals surface area contributed by atoms with Gasteiger partial charge in [-0.1, -0.05) is 35.5 Å². The molecule has 0 spiro atoms. The van der Waals surface area contributed by atoms with E-state index in [4.69, 9.17) is 14.0 Å². The first-order valence-corrected chi connectivity index (χ1v) is 11.7. The van der Waals surface area contributed by atoms with Crippen molar-refractivity contribution in [2.75, 3.05) is 13.7 Å². The largest absolute Gasteiger partial charge is 0.493 e. The highest BCUT2D eigenvalue weighted by atomic mass is 16.5. The van der Waals surface area contributed by atoms with Crippen molar-refractivity contribution in [2.45, 2.75) is 26.2 Å². The number of rotatable bonds is 9. The Morgan fingerprint density at radius 2 is 1.86 bits per heavy atom. The van der Waals surface area contributed by atoms with Crippen LogP contribution in [0.4, 0.5) is 0 Å². The minimum Gasteiger partial charge on any atom is -0.493 e. The van der Waals surface area contributed by atoms with E-state index < -0.39 is 5.69 Å². The van der Waals surface area contributed by atoms with Gasteiger partial charge in [-0.05, 0) is 42.7 Å². The van der Waals surface area contributed by atoms with Crippen molar-refractivity contribution in [3.05, 3.63) is 94.3 Å². The van der Waals surface area contributed by atoms with Gasteiger partial charge in [0.05, 0.1) is 13.7 Å². The third-order valence-electron chi connectivity index (χ3n) is 5.78. The summed E-state index contributed by atoms with van der Waals surface area (Å²) in [4.78, 5) is 28.3. The molecule has 11 heteroatoms. The third-order valence-corrected chi connectivity index (χ3v) is 5.78. The highest BCUT2D eigenvalue weighted by molar-refractivity contribution is 5.55. The number of hydrogen-bond acceptors (Lipinski definition) is 9. The van der Waals surface area contributed by atoms with Gasteiger partial charge < -0.3 is 14.0 Å². The van der Waals surface area contributed by atoms with E-state index in [-0.39, 0.29) is 11.9 Å². The van der Waals surface area contributed by atoms with Crippen LogP contribution in [-0.2, 0) is 6.42 Å². The molecule has 11 nitrogen and oxygen atoms in total. The predicted molar refractivity (Wildman–Crippen MR) is 134 cm³/mol. The molecule has 1 unspecified atom stereocenters. The van der Waals surface area contributed by atoms with Gasteiger partial charge in [-0.2, -0.15) is 4.98 Å². The second-order valence-electron chi connectivity index (χ2n) is 8.21. The number of H-pyrrole nitrogens is 1. The smallest absolute Gasteiger partial charge is 0.350 e. The van der Waals surface area contributed by atoms with E-state index in [2.05, 4.69) is 30.2 Å². The normalized spacial score (nSPS) is 11.9. The van der Waals surface area contributed by atoms with Crippen LogP contribution in [0.3, 0.4) is 0 Å². The molecule has 0 fully saturated rings. The van der Waals surface area contributed by atoms with Crippen molar-refractivity contribution < 1.29 is 14.0 Å². The zero-order valence-corrected chi connectivity index (χ0v) is 20.6. The Kier molecular flexibility index (Phi) is 6.75. The fourth-order valence-corrected chi connectivity index (χ4v) is 4.03. The summed E-state index contributed by atoms with van der Waals surface area (Å²) in [5, 5.41) is 8.54. The van der Waals surface area contributed by atoms with Gasteiger partial charge in [-0.3, -0.25) is 4.98 Å². The Balaban J connectivity index is 1.54. The summed E-state index contributed by atoms with van der Waals surface area (Å²) in [6.45, 7) is 4.15. The average Bonchev–Trinajstić information content (AvgIpc) is 3.53. The maximum absolute atomic E-state index is 12.8. The number of aromatic amines is 1. The minimum absolute atomic E-state index is 0.193. The van der Waals surface area contributed by atoms with Gasteiger partial charge in [-0.15, -0.1) is 9.78 Å². The zero-order chi connectivity index (χ0) is 25.8. The Morgan fingerprint density at radius 3 is 2.54 bits per heavy atom. The number of ether oxygens (including phenoxy) is 2. The molecule has 0 saturated carbocycles. The molecular formula is C26H25N7O4. The van der Waals surface area contributed by atoms with Crippen LogP contribution >= 0.6 is 0 Å². The standard InChI is InChI=1S/C26H25N7O4/c1-4-36-22-15-19(10-11-21(22)35-3)20(24-30-26(34)33(31-24)25-27-12-5-13-28-25)14-17-6-8-18(9-7-17)23-29-16(2)37-32-23/h5-13,15,20H,4,14H2,1-3H3,(H,30,31,34). The summed E-state index contributed by atoms with van der Waals surface area (Å²) in [6, 6.07) is 15.3. The lowest BCUT2D eigenvalue weighted by molar-refractivity contribution is 0.310. The maximum atomic E-state index is 12.8. The molecule has 1 atom stereocenters. The third kappa shape index (κ3) is 5.10. The van der Waals surface area contributed by atoms with Gasteiger partial charge in [0.25, 0.3) is 5.95 Å². The zero-order valence-electron chi connectivity index (χ0n) is 20.6. The van der Waals surface area contributed by atoms with E-state index in [1.165, 1.54) is 0 Å². The van der Waals surface area contributed by atoms with Crippen molar-refractivity contribution >= 4 is 0 Å². The van der Waals surface area contributed by atoms with Gasteiger partial charge in [0.15, 0.2) is 11.5 Å². The quantitative estimate of drug-likeness (QED) is 0.323. The van der Waals surface area contributed by atoms with E-state index in [0.717, 1.165) is 21.4 Å². The number of benzene rings is 2. The van der Waals surface area contributed by atoms with Gasteiger partial charge in [0.2, 0.25) is 11.7 Å². The van der Waals surface area contributed by atoms with Crippen LogP contribution < -0.4 is 15.2 Å². The van der Waals surface area contributed by atoms with Gasteiger partial charge >= 0.3 is 5.69 Å². The van der Waals surface area contributed by atoms with Gasteiger partial charge in [-0.25, -0.2) is 14.8 Å². The number of aryl methyl sites for hydroxylation is 1. The highest BCUT2D eigenvalue weighted by Gasteiger charge is 2.23. The molecule has 0 aliphatic carbocycles. The van der Waals surface area contributed by atoms with Crippen molar-refractivity contribution in [1.82, 2.24) is 34.9 Å². The van der Waals surface area contributed by atoms with E-state index in [9.17, 15) is 4.79 Å². The van der Waals surface area contributed by atoms with Crippen LogP contribution in [-0.4, -0.2) is 48.6 Å². The summed E-state index contributed by atoms with van der Waals surface area (Å²) in [5.74, 6) is 2.64. The van der Waals surface area contributed by atoms with Gasteiger partial charge in [0, 0.05) is 30.8 Å². The molecule has 188 valence electrons. The highest BCUT2D eigenvalue weighted by Crippen LogP contribution is 2.34. The van der Waals surface area contributed by atoms with Crippen molar-refractivity contribution in [2.24, 2.45) is 0 Å². The number of aromatic nitrogens is 7. The average molecular weight is 500 g/mol. The van der Waals surface area contributed by atoms with Crippen LogP contribution in [0.5, 0.6) is 11.5 Å². The molecule has 0 aliphatic heterocycles. The van der Waals surface area contributed by atoms with Crippen LogP contribution in [0.1, 0.15) is 35.7 Å². The molecule has 5 rings (SSSR count). The van der Waals surface area contributed by atoms with Crippen LogP contribution in [0.25, 0.3) is 17.3 Å². The lowest BCUT2D eigenvalue weighted by atomic mass is 9.90. The lowest BCUT2D eigenvalue weighted by Gasteiger charge is -2.18. The second-order valence-corrected chi connectivity index (χ2v) is 8.21. The van der Waals surface area contributed by atoms with Crippen LogP contribution in [0, 0.1) is 6.92 Å². The molecule has 2 aromatic carbocycles. The summed E-state index contributed by atoms with van der Waals surface area (Å²) in [5.41, 5.74) is 2.35. The minimum atomic E-state index is -0.424. The second kappa shape index (κ2) is 10.4. The molecule has 0 bridgehead atoms. The molecule has 5 aromatic rings.